The molecule has 0 radical (unpaired) electrons. The number of anilines is 2. The highest BCUT2D eigenvalue weighted by Gasteiger charge is 2.26. The molecular weight excluding hydrogens is 662 g/mol. The van der Waals surface area contributed by atoms with Gasteiger partial charge in [-0.15, -0.1) is 15.3 Å². The highest BCUT2D eigenvalue weighted by Crippen LogP contribution is 2.42. The smallest absolute Gasteiger partial charge is 0.373 e. The average Bonchev–Trinajstić information content (AvgIpc) is 3.50. The number of aromatic hydroxyl groups is 1. The number of aromatic amines is 1. The average molecular weight is 682 g/mol. The maximum absolute atomic E-state index is 13.4. The summed E-state index contributed by atoms with van der Waals surface area (Å²) in [5.74, 6) is -6.03. The quantitative estimate of drug-likeness (QED) is 0.0978. The Morgan fingerprint density at radius 2 is 1.26 bits per heavy atom. The molecule has 0 unspecified atom stereocenters. The normalized spacial score (nSPS) is 11.8. The van der Waals surface area contributed by atoms with E-state index < -0.39 is 66.1 Å². The number of benzene rings is 4. The lowest BCUT2D eigenvalue weighted by molar-refractivity contribution is 0.0676. The molecule has 0 atom stereocenters. The molecule has 0 saturated carbocycles. The van der Waals surface area contributed by atoms with Crippen LogP contribution in [0, 0.1) is 0 Å². The van der Waals surface area contributed by atoms with Gasteiger partial charge in [0.1, 0.15) is 10.6 Å². The van der Waals surface area contributed by atoms with Gasteiger partial charge in [-0.3, -0.25) is 14.5 Å². The van der Waals surface area contributed by atoms with E-state index in [4.69, 9.17) is 15.3 Å². The Hall–Kier alpha value is -6.41. The van der Waals surface area contributed by atoms with Crippen LogP contribution in [0.5, 0.6) is 5.75 Å². The van der Waals surface area contributed by atoms with E-state index in [0.717, 1.165) is 30.3 Å². The van der Waals surface area contributed by atoms with Gasteiger partial charge in [-0.05, 0) is 72.1 Å². The molecule has 240 valence electrons. The Balaban J connectivity index is 1.60. The van der Waals surface area contributed by atoms with Gasteiger partial charge in [0.15, 0.2) is 5.75 Å². The Bertz CT molecular complexity index is 2320. The highest BCUT2D eigenvalue weighted by atomic mass is 32.2. The maximum atomic E-state index is 13.4. The number of sulfonamides is 2. The number of H-pyrrole nitrogens is 1. The number of nitrogens with one attached hydrogen (secondary N) is 3. The molecule has 1 heterocycles. The first-order valence-corrected chi connectivity index (χ1v) is 15.7. The first-order valence-electron chi connectivity index (χ1n) is 12.7. The van der Waals surface area contributed by atoms with Crippen molar-refractivity contribution < 1.29 is 51.6 Å². The van der Waals surface area contributed by atoms with Gasteiger partial charge >= 0.3 is 17.9 Å². The van der Waals surface area contributed by atoms with Crippen molar-refractivity contribution in [3.05, 3.63) is 89.7 Å². The second-order valence-corrected chi connectivity index (χ2v) is 12.8. The predicted octanol–water partition coefficient (Wildman–Crippen LogP) is 3.78. The van der Waals surface area contributed by atoms with E-state index in [0.29, 0.717) is 0 Å². The molecule has 20 heteroatoms. The van der Waals surface area contributed by atoms with Crippen LogP contribution in [-0.4, -0.2) is 70.4 Å². The van der Waals surface area contributed by atoms with Gasteiger partial charge in [0.25, 0.3) is 26.0 Å². The topological polar surface area (TPSA) is 291 Å². The van der Waals surface area contributed by atoms with E-state index >= 15 is 0 Å². The molecule has 5 rings (SSSR count). The lowest BCUT2D eigenvalue weighted by Gasteiger charge is -2.14. The molecule has 0 bridgehead atoms. The molecule has 4 aromatic carbocycles. The van der Waals surface area contributed by atoms with Crippen molar-refractivity contribution >= 4 is 71.7 Å². The number of aromatic carboxylic acids is 3. The van der Waals surface area contributed by atoms with Crippen LogP contribution in [0.2, 0.25) is 0 Å². The van der Waals surface area contributed by atoms with E-state index in [-0.39, 0.29) is 38.2 Å². The summed E-state index contributed by atoms with van der Waals surface area (Å²) in [4.78, 5) is 35.9. The molecule has 0 aliphatic heterocycles. The van der Waals surface area contributed by atoms with Crippen molar-refractivity contribution in [2.24, 2.45) is 10.2 Å². The van der Waals surface area contributed by atoms with Crippen molar-refractivity contribution in [2.75, 3.05) is 9.44 Å². The number of azo groups is 1. The Labute approximate surface area is 263 Å². The maximum Gasteiger partial charge on any atom is 0.373 e. The van der Waals surface area contributed by atoms with E-state index in [2.05, 4.69) is 34.9 Å². The van der Waals surface area contributed by atoms with Gasteiger partial charge in [-0.25, -0.2) is 31.2 Å². The lowest BCUT2D eigenvalue weighted by Crippen LogP contribution is -2.14. The van der Waals surface area contributed by atoms with Crippen LogP contribution in [0.15, 0.2) is 92.8 Å². The molecule has 0 saturated heterocycles. The Kier molecular flexibility index (Phi) is 8.29. The summed E-state index contributed by atoms with van der Waals surface area (Å²) in [7, 11) is -8.96. The first-order chi connectivity index (χ1) is 22.1. The van der Waals surface area contributed by atoms with Crippen molar-refractivity contribution in [3.8, 4) is 5.75 Å². The van der Waals surface area contributed by atoms with Gasteiger partial charge in [0.2, 0.25) is 5.82 Å². The molecular formula is C27H19N7O11S2. The number of fused-ring (bicyclic) bond motifs is 1. The Morgan fingerprint density at radius 3 is 1.77 bits per heavy atom. The number of phenolic OH excluding ortho intramolecular Hbond substituents is 1. The fraction of sp³-hybridized carbons (Fsp3) is 0. The van der Waals surface area contributed by atoms with Gasteiger partial charge < -0.3 is 20.4 Å². The van der Waals surface area contributed by atoms with Crippen molar-refractivity contribution in [1.82, 2.24) is 15.2 Å². The minimum Gasteiger partial charge on any atom is -0.504 e. The van der Waals surface area contributed by atoms with Gasteiger partial charge in [-0.2, -0.15) is 4.98 Å². The van der Waals surface area contributed by atoms with Crippen LogP contribution in [0.25, 0.3) is 10.8 Å². The van der Waals surface area contributed by atoms with Gasteiger partial charge in [0, 0.05) is 16.8 Å². The first kappa shape index (κ1) is 32.0. The van der Waals surface area contributed by atoms with Gasteiger partial charge in [-0.1, -0.05) is 6.07 Å². The zero-order valence-corrected chi connectivity index (χ0v) is 24.8. The van der Waals surface area contributed by atoms with E-state index in [1.54, 1.807) is 0 Å². The second-order valence-electron chi connectivity index (χ2n) is 9.42. The number of rotatable bonds is 11. The third-order valence-electron chi connectivity index (χ3n) is 6.31. The molecule has 5 aromatic rings. The predicted molar refractivity (Wildman–Crippen MR) is 162 cm³/mol. The third kappa shape index (κ3) is 6.82. The molecule has 0 amide bonds. The lowest BCUT2D eigenvalue weighted by atomic mass is 10.1. The largest absolute Gasteiger partial charge is 0.504 e. The van der Waals surface area contributed by atoms with Crippen LogP contribution in [-0.2, 0) is 20.0 Å². The zero-order chi connectivity index (χ0) is 34.1. The molecule has 18 nitrogen and oxygen atoms in total. The molecule has 0 spiro atoms. The fourth-order valence-corrected chi connectivity index (χ4v) is 6.34. The number of hydrogen-bond donors (Lipinski definition) is 7. The zero-order valence-electron chi connectivity index (χ0n) is 23.2. The summed E-state index contributed by atoms with van der Waals surface area (Å²) in [6, 6.07) is 14.0. The van der Waals surface area contributed by atoms with Crippen molar-refractivity contribution in [2.45, 2.75) is 9.79 Å². The summed E-state index contributed by atoms with van der Waals surface area (Å²) in [6.45, 7) is 0. The third-order valence-corrected chi connectivity index (χ3v) is 9.08. The van der Waals surface area contributed by atoms with Crippen LogP contribution in [0.3, 0.4) is 0 Å². The second kappa shape index (κ2) is 12.2. The number of hydrogen-bond acceptors (Lipinski definition) is 12. The highest BCUT2D eigenvalue weighted by molar-refractivity contribution is 7.93. The summed E-state index contributed by atoms with van der Waals surface area (Å²) < 4.78 is 57.7. The SMILES string of the molecule is O=C(O)c1ccc(NS(=O)(=O)c2ccc3cc(S(=O)(=O)Nc4ccc(C(=O)O)cc4)c(O)c(N=Nc4n[nH]c(C(=O)O)n4)c3c2)cc1. The number of carboxylic acids is 3. The summed E-state index contributed by atoms with van der Waals surface area (Å²) >= 11 is 0. The van der Waals surface area contributed by atoms with E-state index in [9.17, 15) is 36.3 Å². The van der Waals surface area contributed by atoms with E-state index in [1.807, 2.05) is 0 Å². The number of nitrogens with zero attached hydrogens (tertiary/aromatic N) is 4. The van der Waals surface area contributed by atoms with Crippen LogP contribution >= 0.6 is 0 Å². The number of carboxylic acid groups (broad SMARTS) is 3. The van der Waals surface area contributed by atoms with Crippen molar-refractivity contribution in [3.63, 3.8) is 0 Å². The molecule has 0 aliphatic rings. The fourth-order valence-electron chi connectivity index (χ4n) is 4.07. The van der Waals surface area contributed by atoms with Crippen molar-refractivity contribution in [1.29, 1.82) is 0 Å². The summed E-state index contributed by atoms with van der Waals surface area (Å²) in [6.07, 6.45) is 0. The van der Waals surface area contributed by atoms with E-state index in [1.165, 1.54) is 42.5 Å². The summed E-state index contributed by atoms with van der Waals surface area (Å²) in [5, 5.41) is 51.5. The summed E-state index contributed by atoms with van der Waals surface area (Å²) in [5.41, 5.74) is -0.777. The molecule has 0 fully saturated rings. The Morgan fingerprint density at radius 1 is 0.702 bits per heavy atom. The number of aromatic nitrogens is 3. The van der Waals surface area contributed by atoms with Gasteiger partial charge in [0.05, 0.1) is 16.0 Å². The molecule has 7 N–H and O–H groups in total. The molecule has 0 aliphatic carbocycles. The van der Waals surface area contributed by atoms with Crippen LogP contribution < -0.4 is 9.44 Å². The number of phenols is 1. The molecule has 47 heavy (non-hydrogen) atoms. The van der Waals surface area contributed by atoms with Crippen LogP contribution in [0.4, 0.5) is 23.0 Å². The minimum atomic E-state index is -4.61. The van der Waals surface area contributed by atoms with Crippen LogP contribution in [0.1, 0.15) is 31.3 Å². The minimum absolute atomic E-state index is 0.0283. The standard InChI is InChI=1S/C27H19N7O11S2/c35-22-20(47(44,45)34-17-8-3-14(4-9-17)25(38)39)11-15-5-10-18(46(42,43)33-16-6-1-13(2-7-16)24(36)37)12-19(15)21(22)29-31-27-28-23(26(40)41)30-32-27/h1-12,33-35H,(H,36,37)(H,38,39)(H,40,41)(H,28,30,32). The number of carbonyl (C=O) groups is 3. The molecule has 1 aromatic heterocycles. The monoisotopic (exact) mass is 681 g/mol.